The molecule has 0 radical (unpaired) electrons. The van der Waals surface area contributed by atoms with Gasteiger partial charge in [0.15, 0.2) is 0 Å². The predicted molar refractivity (Wildman–Crippen MR) is 80.2 cm³/mol. The first-order valence-electron chi connectivity index (χ1n) is 7.02. The second kappa shape index (κ2) is 6.62. The van der Waals surface area contributed by atoms with Crippen LogP contribution in [-0.2, 0) is 6.42 Å². The summed E-state index contributed by atoms with van der Waals surface area (Å²) in [6.45, 7) is 6.67. The smallest absolute Gasteiger partial charge is 0.130 e. The van der Waals surface area contributed by atoms with Crippen LogP contribution >= 0.6 is 0 Å². The maximum atomic E-state index is 14.3. The van der Waals surface area contributed by atoms with Gasteiger partial charge in [-0.1, -0.05) is 31.2 Å². The van der Waals surface area contributed by atoms with Gasteiger partial charge in [0.1, 0.15) is 5.82 Å². The number of hydrogen-bond acceptors (Lipinski definition) is 2. The highest BCUT2D eigenvalue weighted by Crippen LogP contribution is 2.23. The first-order chi connectivity index (χ1) is 9.63. The number of aryl methyl sites for hydroxylation is 2. The van der Waals surface area contributed by atoms with Crippen LogP contribution in [0, 0.1) is 19.7 Å². The summed E-state index contributed by atoms with van der Waals surface area (Å²) in [4.78, 5) is 4.42. The molecule has 0 aliphatic heterocycles. The standard InChI is InChI=1S/C17H21FN2/c1-4-19-16(11-15-12(2)8-6-10-20-15)14-9-5-7-13(3)17(14)18/h5-10,16,19H,4,11H2,1-3H3. The quantitative estimate of drug-likeness (QED) is 0.897. The molecule has 0 saturated carbocycles. The summed E-state index contributed by atoms with van der Waals surface area (Å²) in [5, 5.41) is 3.36. The second-order valence-corrected chi connectivity index (χ2v) is 5.06. The topological polar surface area (TPSA) is 24.9 Å². The molecule has 1 aromatic carbocycles. The van der Waals surface area contributed by atoms with Crippen LogP contribution in [0.4, 0.5) is 4.39 Å². The first kappa shape index (κ1) is 14.7. The number of nitrogens with one attached hydrogen (secondary N) is 1. The Hall–Kier alpha value is -1.74. The van der Waals surface area contributed by atoms with Crippen LogP contribution in [0.3, 0.4) is 0 Å². The van der Waals surface area contributed by atoms with Gasteiger partial charge in [-0.05, 0) is 37.6 Å². The minimum Gasteiger partial charge on any atom is -0.310 e. The third-order valence-electron chi connectivity index (χ3n) is 3.56. The molecule has 0 aliphatic rings. The Morgan fingerprint density at radius 3 is 2.60 bits per heavy atom. The van der Waals surface area contributed by atoms with Crippen LogP contribution in [0.1, 0.15) is 35.3 Å². The van der Waals surface area contributed by atoms with Crippen molar-refractivity contribution in [3.05, 3.63) is 64.7 Å². The van der Waals surface area contributed by atoms with Crippen molar-refractivity contribution in [1.29, 1.82) is 0 Å². The number of aromatic nitrogens is 1. The Balaban J connectivity index is 2.32. The molecule has 2 aromatic rings. The van der Waals surface area contributed by atoms with E-state index in [0.29, 0.717) is 12.0 Å². The molecule has 1 unspecified atom stereocenters. The minimum absolute atomic E-state index is 0.0477. The van der Waals surface area contributed by atoms with Crippen molar-refractivity contribution >= 4 is 0 Å². The normalized spacial score (nSPS) is 12.4. The van der Waals surface area contributed by atoms with E-state index in [1.807, 2.05) is 38.1 Å². The fourth-order valence-electron chi connectivity index (χ4n) is 2.40. The zero-order chi connectivity index (χ0) is 14.5. The Morgan fingerprint density at radius 1 is 1.15 bits per heavy atom. The molecule has 1 aromatic heterocycles. The lowest BCUT2D eigenvalue weighted by Gasteiger charge is -2.20. The lowest BCUT2D eigenvalue weighted by atomic mass is 9.97. The monoisotopic (exact) mass is 272 g/mol. The summed E-state index contributed by atoms with van der Waals surface area (Å²) >= 11 is 0. The molecule has 0 spiro atoms. The zero-order valence-electron chi connectivity index (χ0n) is 12.3. The summed E-state index contributed by atoms with van der Waals surface area (Å²) in [7, 11) is 0. The van der Waals surface area contributed by atoms with Crippen molar-refractivity contribution in [2.75, 3.05) is 6.54 Å². The summed E-state index contributed by atoms with van der Waals surface area (Å²) in [5.74, 6) is -0.118. The molecule has 0 saturated heterocycles. The van der Waals surface area contributed by atoms with Crippen LogP contribution in [0.15, 0.2) is 36.5 Å². The Morgan fingerprint density at radius 2 is 1.90 bits per heavy atom. The molecular weight excluding hydrogens is 251 g/mol. The number of hydrogen-bond donors (Lipinski definition) is 1. The van der Waals surface area contributed by atoms with E-state index in [0.717, 1.165) is 23.4 Å². The molecule has 0 bridgehead atoms. The zero-order valence-corrected chi connectivity index (χ0v) is 12.3. The van der Waals surface area contributed by atoms with E-state index in [4.69, 9.17) is 0 Å². The van der Waals surface area contributed by atoms with Gasteiger partial charge in [-0.3, -0.25) is 4.98 Å². The third-order valence-corrected chi connectivity index (χ3v) is 3.56. The van der Waals surface area contributed by atoms with Crippen molar-refractivity contribution in [3.8, 4) is 0 Å². The lowest BCUT2D eigenvalue weighted by molar-refractivity contribution is 0.502. The molecular formula is C17H21FN2. The van der Waals surface area contributed by atoms with Gasteiger partial charge >= 0.3 is 0 Å². The van der Waals surface area contributed by atoms with E-state index in [-0.39, 0.29) is 11.9 Å². The molecule has 1 heterocycles. The molecule has 106 valence electrons. The highest BCUT2D eigenvalue weighted by Gasteiger charge is 2.17. The number of rotatable bonds is 5. The summed E-state index contributed by atoms with van der Waals surface area (Å²) in [6.07, 6.45) is 2.48. The average Bonchev–Trinajstić information content (AvgIpc) is 2.44. The highest BCUT2D eigenvalue weighted by molar-refractivity contribution is 5.29. The Bertz CT molecular complexity index is 581. The van der Waals surface area contributed by atoms with Crippen molar-refractivity contribution in [2.45, 2.75) is 33.2 Å². The molecule has 0 aliphatic carbocycles. The maximum absolute atomic E-state index is 14.3. The number of likely N-dealkylation sites (N-methyl/N-ethyl adjacent to an activating group) is 1. The summed E-state index contributed by atoms with van der Waals surface area (Å²) in [6, 6.07) is 9.48. The van der Waals surface area contributed by atoms with Crippen LogP contribution < -0.4 is 5.32 Å². The van der Waals surface area contributed by atoms with Crippen molar-refractivity contribution < 1.29 is 4.39 Å². The number of benzene rings is 1. The van der Waals surface area contributed by atoms with Gasteiger partial charge in [-0.25, -0.2) is 4.39 Å². The van der Waals surface area contributed by atoms with E-state index in [9.17, 15) is 4.39 Å². The molecule has 1 atom stereocenters. The molecule has 20 heavy (non-hydrogen) atoms. The van der Waals surface area contributed by atoms with Crippen LogP contribution in [0.25, 0.3) is 0 Å². The number of halogens is 1. The van der Waals surface area contributed by atoms with Gasteiger partial charge in [0, 0.05) is 29.9 Å². The Kier molecular flexibility index (Phi) is 4.85. The number of pyridine rings is 1. The van der Waals surface area contributed by atoms with E-state index in [1.165, 1.54) is 0 Å². The second-order valence-electron chi connectivity index (χ2n) is 5.06. The lowest BCUT2D eigenvalue weighted by Crippen LogP contribution is -2.24. The van der Waals surface area contributed by atoms with E-state index in [2.05, 4.69) is 10.3 Å². The van der Waals surface area contributed by atoms with Crippen LogP contribution in [0.5, 0.6) is 0 Å². The predicted octanol–water partition coefficient (Wildman–Crippen LogP) is 3.73. The van der Waals surface area contributed by atoms with E-state index < -0.39 is 0 Å². The highest BCUT2D eigenvalue weighted by atomic mass is 19.1. The van der Waals surface area contributed by atoms with Gasteiger partial charge in [0.2, 0.25) is 0 Å². The maximum Gasteiger partial charge on any atom is 0.130 e. The van der Waals surface area contributed by atoms with Crippen molar-refractivity contribution in [1.82, 2.24) is 10.3 Å². The molecule has 1 N–H and O–H groups in total. The van der Waals surface area contributed by atoms with E-state index in [1.54, 1.807) is 19.2 Å². The average molecular weight is 272 g/mol. The fourth-order valence-corrected chi connectivity index (χ4v) is 2.40. The third kappa shape index (κ3) is 3.23. The van der Waals surface area contributed by atoms with Gasteiger partial charge in [-0.2, -0.15) is 0 Å². The summed E-state index contributed by atoms with van der Waals surface area (Å²) in [5.41, 5.74) is 3.56. The minimum atomic E-state index is -0.118. The van der Waals surface area contributed by atoms with Crippen molar-refractivity contribution in [2.24, 2.45) is 0 Å². The molecule has 0 fully saturated rings. The fraction of sp³-hybridized carbons (Fsp3) is 0.353. The molecule has 0 amide bonds. The van der Waals surface area contributed by atoms with Gasteiger partial charge in [0.25, 0.3) is 0 Å². The van der Waals surface area contributed by atoms with Crippen molar-refractivity contribution in [3.63, 3.8) is 0 Å². The molecule has 3 heteroatoms. The number of nitrogens with zero attached hydrogens (tertiary/aromatic N) is 1. The van der Waals surface area contributed by atoms with Gasteiger partial charge in [0.05, 0.1) is 0 Å². The van der Waals surface area contributed by atoms with Gasteiger partial charge in [-0.15, -0.1) is 0 Å². The Labute approximate surface area is 120 Å². The molecule has 2 nitrogen and oxygen atoms in total. The van der Waals surface area contributed by atoms with E-state index >= 15 is 0 Å². The summed E-state index contributed by atoms with van der Waals surface area (Å²) < 4.78 is 14.3. The largest absolute Gasteiger partial charge is 0.310 e. The first-order valence-corrected chi connectivity index (χ1v) is 7.02. The van der Waals surface area contributed by atoms with Crippen LogP contribution in [0.2, 0.25) is 0 Å². The van der Waals surface area contributed by atoms with Crippen LogP contribution in [-0.4, -0.2) is 11.5 Å². The van der Waals surface area contributed by atoms with Gasteiger partial charge < -0.3 is 5.32 Å². The SMILES string of the molecule is CCNC(Cc1ncccc1C)c1cccc(C)c1F. The molecule has 2 rings (SSSR count).